The number of hydrogen-bond donors (Lipinski definition) is 1. The lowest BCUT2D eigenvalue weighted by molar-refractivity contribution is -0.133. The van der Waals surface area contributed by atoms with E-state index < -0.39 is 6.03 Å². The molecule has 0 fully saturated rings. The van der Waals surface area contributed by atoms with Crippen molar-refractivity contribution in [1.29, 1.82) is 0 Å². The Morgan fingerprint density at radius 1 is 0.973 bits per heavy atom. The number of hydrogen-bond acceptors (Lipinski definition) is 6. The van der Waals surface area contributed by atoms with Crippen LogP contribution in [-0.4, -0.2) is 62.8 Å². The van der Waals surface area contributed by atoms with E-state index in [0.717, 1.165) is 16.0 Å². The smallest absolute Gasteiger partial charge is 0.322 e. The molecule has 3 amide bonds. The fraction of sp³-hybridized carbons (Fsp3) is 0.333. The molecule has 2 aromatic carbocycles. The van der Waals surface area contributed by atoms with Crippen molar-refractivity contribution in [2.24, 2.45) is 0 Å². The second-order valence-corrected chi connectivity index (χ2v) is 9.31. The van der Waals surface area contributed by atoms with Gasteiger partial charge in [-0.25, -0.2) is 9.18 Å². The van der Waals surface area contributed by atoms with Crippen molar-refractivity contribution in [3.05, 3.63) is 75.7 Å². The van der Waals surface area contributed by atoms with Crippen LogP contribution in [0.3, 0.4) is 0 Å². The Kier molecular flexibility index (Phi) is 10.3. The highest BCUT2D eigenvalue weighted by atomic mass is 32.1. The van der Waals surface area contributed by atoms with Gasteiger partial charge in [0.1, 0.15) is 23.9 Å². The van der Waals surface area contributed by atoms with Gasteiger partial charge in [-0.1, -0.05) is 12.1 Å². The summed E-state index contributed by atoms with van der Waals surface area (Å²) >= 11 is 1.57. The van der Waals surface area contributed by atoms with Crippen LogP contribution in [0.1, 0.15) is 16.0 Å². The number of carbonyl (C=O) groups is 2. The number of carbonyl (C=O) groups excluding carboxylic acids is 2. The van der Waals surface area contributed by atoms with Gasteiger partial charge in [-0.3, -0.25) is 4.79 Å². The zero-order chi connectivity index (χ0) is 26.8. The molecule has 0 atom stereocenters. The van der Waals surface area contributed by atoms with Crippen molar-refractivity contribution >= 4 is 29.0 Å². The maximum Gasteiger partial charge on any atom is 0.322 e. The number of amides is 3. The summed E-state index contributed by atoms with van der Waals surface area (Å²) in [4.78, 5) is 30.9. The minimum absolute atomic E-state index is 0.167. The van der Waals surface area contributed by atoms with Crippen molar-refractivity contribution in [1.82, 2.24) is 9.80 Å². The Labute approximate surface area is 220 Å². The van der Waals surface area contributed by atoms with Crippen LogP contribution in [-0.2, 0) is 22.6 Å². The van der Waals surface area contributed by atoms with Crippen LogP contribution in [0.4, 0.5) is 14.9 Å². The fourth-order valence-electron chi connectivity index (χ4n) is 3.60. The molecule has 3 rings (SSSR count). The highest BCUT2D eigenvalue weighted by molar-refractivity contribution is 7.10. The summed E-state index contributed by atoms with van der Waals surface area (Å²) < 4.78 is 29.2. The van der Waals surface area contributed by atoms with E-state index in [1.165, 1.54) is 31.3 Å². The minimum atomic E-state index is -0.470. The molecule has 0 bridgehead atoms. The lowest BCUT2D eigenvalue weighted by atomic mass is 10.2. The maximum atomic E-state index is 13.5. The molecule has 0 radical (unpaired) electrons. The van der Waals surface area contributed by atoms with E-state index in [1.54, 1.807) is 53.7 Å². The summed E-state index contributed by atoms with van der Waals surface area (Å²) in [6, 6.07) is 12.6. The van der Waals surface area contributed by atoms with Gasteiger partial charge >= 0.3 is 6.03 Å². The molecule has 0 spiro atoms. The lowest BCUT2D eigenvalue weighted by Gasteiger charge is -2.28. The monoisotopic (exact) mass is 529 g/mol. The van der Waals surface area contributed by atoms with E-state index in [4.69, 9.17) is 14.2 Å². The molecule has 3 aromatic rings. The predicted molar refractivity (Wildman–Crippen MR) is 142 cm³/mol. The molecular formula is C27H32FN3O5S. The molecule has 0 aliphatic rings. The van der Waals surface area contributed by atoms with Crippen molar-refractivity contribution in [2.75, 3.05) is 46.3 Å². The Balaban J connectivity index is 1.80. The summed E-state index contributed by atoms with van der Waals surface area (Å²) in [5.41, 5.74) is 2.32. The number of halogens is 1. The van der Waals surface area contributed by atoms with Crippen LogP contribution in [0.25, 0.3) is 0 Å². The van der Waals surface area contributed by atoms with Crippen LogP contribution >= 0.6 is 11.3 Å². The number of methoxy groups -OCH3 is 3. The average Bonchev–Trinajstić information content (AvgIpc) is 3.31. The number of rotatable bonds is 12. The topological polar surface area (TPSA) is 80.3 Å². The van der Waals surface area contributed by atoms with E-state index in [9.17, 15) is 14.0 Å². The first-order valence-electron chi connectivity index (χ1n) is 11.7. The normalized spacial score (nSPS) is 10.6. The number of nitrogens with one attached hydrogen (secondary N) is 1. The number of ether oxygens (including phenoxy) is 3. The highest BCUT2D eigenvalue weighted by Gasteiger charge is 2.23. The van der Waals surface area contributed by atoms with E-state index in [1.807, 2.05) is 18.4 Å². The largest absolute Gasteiger partial charge is 0.497 e. The summed E-state index contributed by atoms with van der Waals surface area (Å²) in [6.45, 7) is 2.94. The first-order valence-corrected chi connectivity index (χ1v) is 12.5. The Morgan fingerprint density at radius 3 is 2.35 bits per heavy atom. The summed E-state index contributed by atoms with van der Waals surface area (Å²) in [6.07, 6.45) is 0. The van der Waals surface area contributed by atoms with Crippen molar-refractivity contribution in [2.45, 2.75) is 20.0 Å². The Hall–Kier alpha value is -3.63. The number of aryl methyl sites for hydroxylation is 1. The first kappa shape index (κ1) is 27.9. The van der Waals surface area contributed by atoms with Gasteiger partial charge in [0.05, 0.1) is 33.1 Å². The summed E-state index contributed by atoms with van der Waals surface area (Å²) in [5.74, 6) is 0.426. The third-order valence-corrected chi connectivity index (χ3v) is 6.78. The van der Waals surface area contributed by atoms with Crippen LogP contribution < -0.4 is 14.8 Å². The molecule has 1 N–H and O–H groups in total. The van der Waals surface area contributed by atoms with E-state index in [-0.39, 0.29) is 38.0 Å². The van der Waals surface area contributed by atoms with Crippen molar-refractivity contribution in [3.8, 4) is 11.5 Å². The number of urea groups is 1. The molecule has 0 unspecified atom stereocenters. The number of anilines is 1. The molecule has 0 saturated heterocycles. The molecule has 0 saturated carbocycles. The van der Waals surface area contributed by atoms with E-state index in [2.05, 4.69) is 5.32 Å². The van der Waals surface area contributed by atoms with Crippen molar-refractivity contribution < 1.29 is 28.2 Å². The van der Waals surface area contributed by atoms with Crippen LogP contribution in [0.15, 0.2) is 53.9 Å². The van der Waals surface area contributed by atoms with Gasteiger partial charge in [0.15, 0.2) is 0 Å². The zero-order valence-electron chi connectivity index (χ0n) is 21.5. The van der Waals surface area contributed by atoms with Gasteiger partial charge in [-0.2, -0.15) is 0 Å². The second-order valence-electron chi connectivity index (χ2n) is 8.31. The molecule has 0 aliphatic heterocycles. The van der Waals surface area contributed by atoms with Gasteiger partial charge in [0.25, 0.3) is 0 Å². The molecule has 198 valence electrons. The molecule has 10 heteroatoms. The zero-order valence-corrected chi connectivity index (χ0v) is 22.3. The molecular weight excluding hydrogens is 497 g/mol. The summed E-state index contributed by atoms with van der Waals surface area (Å²) in [7, 11) is 4.57. The van der Waals surface area contributed by atoms with Crippen LogP contribution in [0.5, 0.6) is 11.5 Å². The SMILES string of the molecule is COCCN(CC(=O)N(Cc1ccc(F)cc1)Cc1sccc1C)C(=O)Nc1ccc(OC)cc1OC. The Bertz CT molecular complexity index is 1190. The van der Waals surface area contributed by atoms with E-state index in [0.29, 0.717) is 23.7 Å². The first-order chi connectivity index (χ1) is 17.8. The molecule has 0 aliphatic carbocycles. The molecule has 8 nitrogen and oxygen atoms in total. The summed E-state index contributed by atoms with van der Waals surface area (Å²) in [5, 5.41) is 4.80. The maximum absolute atomic E-state index is 13.5. The third kappa shape index (κ3) is 7.93. The minimum Gasteiger partial charge on any atom is -0.497 e. The van der Waals surface area contributed by atoms with Gasteiger partial charge in [0.2, 0.25) is 5.91 Å². The van der Waals surface area contributed by atoms with Gasteiger partial charge < -0.3 is 29.3 Å². The van der Waals surface area contributed by atoms with Crippen LogP contribution in [0, 0.1) is 12.7 Å². The second kappa shape index (κ2) is 13.6. The Morgan fingerprint density at radius 2 is 1.73 bits per heavy atom. The van der Waals surface area contributed by atoms with E-state index >= 15 is 0 Å². The number of nitrogens with zero attached hydrogens (tertiary/aromatic N) is 2. The van der Waals surface area contributed by atoms with Gasteiger partial charge in [0, 0.05) is 31.1 Å². The molecule has 1 aromatic heterocycles. The molecule has 1 heterocycles. The van der Waals surface area contributed by atoms with Gasteiger partial charge in [-0.15, -0.1) is 11.3 Å². The molecule has 37 heavy (non-hydrogen) atoms. The standard InChI is InChI=1S/C27H32FN3O5S/c1-19-11-14-37-25(19)17-31(16-20-5-7-21(28)8-6-20)26(32)18-30(12-13-34-2)27(33)29-23-10-9-22(35-3)15-24(23)36-4/h5-11,14-15H,12-13,16-18H2,1-4H3,(H,29,33). The van der Waals surface area contributed by atoms with Crippen LogP contribution in [0.2, 0.25) is 0 Å². The fourth-order valence-corrected chi connectivity index (χ4v) is 4.52. The predicted octanol–water partition coefficient (Wildman–Crippen LogP) is 4.92. The van der Waals surface area contributed by atoms with Crippen molar-refractivity contribution in [3.63, 3.8) is 0 Å². The number of thiophene rings is 1. The number of benzene rings is 2. The average molecular weight is 530 g/mol. The quantitative estimate of drug-likeness (QED) is 0.360. The lowest BCUT2D eigenvalue weighted by Crippen LogP contribution is -2.45. The third-order valence-electron chi connectivity index (χ3n) is 5.77. The van der Waals surface area contributed by atoms with Gasteiger partial charge in [-0.05, 0) is 53.8 Å². The highest BCUT2D eigenvalue weighted by Crippen LogP contribution is 2.29.